The van der Waals surface area contributed by atoms with Gasteiger partial charge in [-0.3, -0.25) is 14.3 Å². The van der Waals surface area contributed by atoms with Gasteiger partial charge in [-0.05, 0) is 49.4 Å². The monoisotopic (exact) mass is 944 g/mol. The molecule has 5 aromatic rings. The molecule has 0 radical (unpaired) electrons. The van der Waals surface area contributed by atoms with Crippen LogP contribution in [0.25, 0.3) is 22.3 Å². The van der Waals surface area contributed by atoms with Crippen molar-refractivity contribution in [2.24, 2.45) is 0 Å². The lowest BCUT2D eigenvalue weighted by Crippen LogP contribution is -2.65. The number of nitriles is 1. The van der Waals surface area contributed by atoms with Crippen molar-refractivity contribution in [1.82, 2.24) is 44.4 Å². The molecule has 65 heavy (non-hydrogen) atoms. The van der Waals surface area contributed by atoms with Crippen LogP contribution in [0.1, 0.15) is 43.4 Å². The van der Waals surface area contributed by atoms with E-state index >= 15 is 0 Å². The predicted octanol–water partition coefficient (Wildman–Crippen LogP) is 6.69. The number of pyridine rings is 1. The summed E-state index contributed by atoms with van der Waals surface area (Å²) in [6, 6.07) is 8.90. The number of nitrogens with one attached hydrogen (secondary N) is 1. The summed E-state index contributed by atoms with van der Waals surface area (Å²) in [5, 5.41) is 40.7. The van der Waals surface area contributed by atoms with Crippen molar-refractivity contribution >= 4 is 28.9 Å². The van der Waals surface area contributed by atoms with Crippen LogP contribution in [0.3, 0.4) is 0 Å². The van der Waals surface area contributed by atoms with Crippen molar-refractivity contribution < 1.29 is 87.1 Å². The molecular weight excluding hydrogens is 912 g/mol. The highest BCUT2D eigenvalue weighted by molar-refractivity contribution is 5.90. The number of hydrogen-bond donors (Lipinski definition) is 4. The molecule has 0 bridgehead atoms. The lowest BCUT2D eigenvalue weighted by Gasteiger charge is -2.53. The van der Waals surface area contributed by atoms with Crippen LogP contribution < -0.4 is 4.74 Å². The number of aromatic amines is 1. The Morgan fingerprint density at radius 1 is 0.862 bits per heavy atom. The van der Waals surface area contributed by atoms with E-state index in [-0.39, 0.29) is 18.5 Å². The van der Waals surface area contributed by atoms with Gasteiger partial charge < -0.3 is 25.0 Å². The molecule has 1 saturated heterocycles. The second-order valence-electron chi connectivity index (χ2n) is 14.0. The number of aliphatic carboxylic acids is 3. The molecule has 0 spiro atoms. The second kappa shape index (κ2) is 20.2. The Morgan fingerprint density at radius 3 is 1.95 bits per heavy atom. The van der Waals surface area contributed by atoms with Crippen LogP contribution in [0, 0.1) is 11.3 Å². The molecule has 2 fully saturated rings. The SMILES string of the molecule is N#CCC1(n2cc(-c3ncnc4[nH]ccc34)cn2)CN([C@H]2CC[C@@H](Oc3cc(Cn4cccn4)cc(C(F)(F)F)n3)CC2)C1.O=C(O)C(F)(F)F.O=C(O)C(F)(F)F.O=C(O)C(F)(F)F. The van der Waals surface area contributed by atoms with Gasteiger partial charge in [-0.1, -0.05) is 0 Å². The Morgan fingerprint density at radius 2 is 1.45 bits per heavy atom. The standard InChI is InChI=1S/C30H29F3N10O.3C2HF3O2/c31-30(32,33)25-12-20(15-42-11-1-9-38-42)13-26(40-25)44-23-4-2-22(3-5-23)41-17-29(18-41,7-8-34)43-16-21(14-39-43)27-24-6-10-35-28(24)37-19-36-27;3*3-2(4,5)1(6)7/h1,6,9-14,16,19,22-23H,2-5,7,15,17-18H2,(H,35,36,37);3*(H,6,7)/t22-,23+;;;. The Balaban J connectivity index is 0.000000366. The zero-order chi connectivity index (χ0) is 48.5. The minimum Gasteiger partial charge on any atom is -0.475 e. The number of fused-ring (bicyclic) bond motifs is 1. The molecule has 0 aromatic carbocycles. The Labute approximate surface area is 355 Å². The molecule has 17 nitrogen and oxygen atoms in total. The molecule has 1 aliphatic heterocycles. The third kappa shape index (κ3) is 14.0. The lowest BCUT2D eigenvalue weighted by atomic mass is 9.82. The molecule has 5 aromatic heterocycles. The largest absolute Gasteiger partial charge is 0.490 e. The minimum absolute atomic E-state index is 0.0162. The van der Waals surface area contributed by atoms with Gasteiger partial charge >= 0.3 is 42.6 Å². The molecule has 7 rings (SSSR count). The number of halogens is 12. The summed E-state index contributed by atoms with van der Waals surface area (Å²) < 4.78 is 145. The second-order valence-corrected chi connectivity index (χ2v) is 14.0. The summed E-state index contributed by atoms with van der Waals surface area (Å²) in [6.07, 6.45) is -6.30. The first-order valence-corrected chi connectivity index (χ1v) is 18.2. The van der Waals surface area contributed by atoms with Gasteiger partial charge in [0, 0.05) is 60.9 Å². The summed E-state index contributed by atoms with van der Waals surface area (Å²) in [5.74, 6) is -8.29. The Hall–Kier alpha value is -6.99. The van der Waals surface area contributed by atoms with E-state index in [0.717, 1.165) is 41.2 Å². The predicted molar refractivity (Wildman–Crippen MR) is 193 cm³/mol. The van der Waals surface area contributed by atoms with Crippen LogP contribution >= 0.6 is 0 Å². The van der Waals surface area contributed by atoms with E-state index in [2.05, 4.69) is 41.1 Å². The number of carboxylic acids is 3. The molecule has 0 atom stereocenters. The van der Waals surface area contributed by atoms with Crippen molar-refractivity contribution in [1.29, 1.82) is 5.26 Å². The quantitative estimate of drug-likeness (QED) is 0.119. The highest BCUT2D eigenvalue weighted by Gasteiger charge is 2.48. The number of likely N-dealkylation sites (tertiary alicyclic amines) is 1. The Bertz CT molecular complexity index is 2370. The average molecular weight is 945 g/mol. The van der Waals surface area contributed by atoms with Gasteiger partial charge in [0.05, 0.1) is 30.9 Å². The first-order valence-electron chi connectivity index (χ1n) is 18.2. The van der Waals surface area contributed by atoms with E-state index in [0.29, 0.717) is 44.0 Å². The number of rotatable bonds is 8. The van der Waals surface area contributed by atoms with Crippen molar-refractivity contribution in [3.63, 3.8) is 0 Å². The fourth-order valence-corrected chi connectivity index (χ4v) is 6.40. The van der Waals surface area contributed by atoms with Crippen LogP contribution in [-0.2, 0) is 32.6 Å². The van der Waals surface area contributed by atoms with E-state index in [4.69, 9.17) is 34.4 Å². The van der Waals surface area contributed by atoms with E-state index in [9.17, 15) is 57.9 Å². The van der Waals surface area contributed by atoms with Gasteiger partial charge in [0.15, 0.2) is 0 Å². The third-order valence-electron chi connectivity index (χ3n) is 9.33. The van der Waals surface area contributed by atoms with E-state index in [1.165, 1.54) is 6.33 Å². The maximum absolute atomic E-state index is 13.6. The van der Waals surface area contributed by atoms with Crippen LogP contribution in [0.5, 0.6) is 5.88 Å². The summed E-state index contributed by atoms with van der Waals surface area (Å²) in [6.45, 7) is 1.56. The van der Waals surface area contributed by atoms with Gasteiger partial charge in [0.2, 0.25) is 5.88 Å². The van der Waals surface area contributed by atoms with Gasteiger partial charge in [-0.25, -0.2) is 29.3 Å². The zero-order valence-electron chi connectivity index (χ0n) is 32.6. The minimum atomic E-state index is -5.08. The van der Waals surface area contributed by atoms with Crippen LogP contribution in [0.2, 0.25) is 0 Å². The third-order valence-corrected chi connectivity index (χ3v) is 9.33. The summed E-state index contributed by atoms with van der Waals surface area (Å²) in [4.78, 5) is 44.7. The van der Waals surface area contributed by atoms with E-state index in [1.54, 1.807) is 35.4 Å². The molecule has 4 N–H and O–H groups in total. The summed E-state index contributed by atoms with van der Waals surface area (Å²) in [7, 11) is 0. The molecule has 2 aliphatic rings. The topological polar surface area (TPSA) is 238 Å². The van der Waals surface area contributed by atoms with E-state index < -0.39 is 53.8 Å². The highest BCUT2D eigenvalue weighted by Crippen LogP contribution is 2.39. The number of hydrogen-bond acceptors (Lipinski definition) is 11. The van der Waals surface area contributed by atoms with Gasteiger partial charge in [-0.15, -0.1) is 0 Å². The normalized spacial score (nSPS) is 17.4. The smallest absolute Gasteiger partial charge is 0.475 e. The molecule has 6 heterocycles. The molecule has 29 heteroatoms. The van der Waals surface area contributed by atoms with Crippen molar-refractivity contribution in [2.75, 3.05) is 13.1 Å². The molecule has 1 aliphatic carbocycles. The fraction of sp³-hybridized carbons (Fsp3) is 0.417. The van der Waals surface area contributed by atoms with Gasteiger partial charge in [0.1, 0.15) is 29.3 Å². The number of carbonyl (C=O) groups is 3. The van der Waals surface area contributed by atoms with Crippen LogP contribution in [0.4, 0.5) is 52.7 Å². The van der Waals surface area contributed by atoms with Gasteiger partial charge in [0.25, 0.3) is 0 Å². The van der Waals surface area contributed by atoms with Crippen molar-refractivity contribution in [3.05, 3.63) is 72.8 Å². The fourth-order valence-electron chi connectivity index (χ4n) is 6.40. The average Bonchev–Trinajstić information content (AvgIpc) is 3.99. The zero-order valence-corrected chi connectivity index (χ0v) is 32.6. The van der Waals surface area contributed by atoms with Crippen LogP contribution in [-0.4, -0.2) is 121 Å². The van der Waals surface area contributed by atoms with Gasteiger partial charge in [-0.2, -0.15) is 68.1 Å². The maximum atomic E-state index is 13.6. The summed E-state index contributed by atoms with van der Waals surface area (Å²) >= 11 is 0. The first kappa shape index (κ1) is 50.7. The number of H-pyrrole nitrogens is 1. The molecule has 1 saturated carbocycles. The van der Waals surface area contributed by atoms with Crippen molar-refractivity contribution in [3.8, 4) is 23.2 Å². The number of carboxylic acid groups (broad SMARTS) is 3. The molecule has 352 valence electrons. The van der Waals surface area contributed by atoms with E-state index in [1.807, 2.05) is 23.1 Å². The molecule has 0 unspecified atom stereocenters. The van der Waals surface area contributed by atoms with Crippen molar-refractivity contribution in [2.45, 2.75) is 81.0 Å². The molecular formula is C36H32F12N10O7. The number of alkyl halides is 12. The maximum Gasteiger partial charge on any atom is 0.490 e. The lowest BCUT2D eigenvalue weighted by molar-refractivity contribution is -0.193. The Kier molecular flexibility index (Phi) is 15.8. The molecule has 0 amide bonds. The first-order chi connectivity index (χ1) is 30.1. The summed E-state index contributed by atoms with van der Waals surface area (Å²) in [5.41, 5.74) is 1.42. The highest BCUT2D eigenvalue weighted by atomic mass is 19.4. The van der Waals surface area contributed by atoms with Crippen LogP contribution in [0.15, 0.2) is 61.6 Å². The number of nitrogens with zero attached hydrogens (tertiary/aromatic N) is 9. The number of ether oxygens (including phenoxy) is 1. The number of aromatic nitrogens is 8.